The molecule has 0 aromatic carbocycles. The molecule has 2 aliphatic heterocycles. The van der Waals surface area contributed by atoms with Gasteiger partial charge < -0.3 is 19.9 Å². The van der Waals surface area contributed by atoms with Gasteiger partial charge in [-0.15, -0.1) is 0 Å². The van der Waals surface area contributed by atoms with Crippen LogP contribution >= 0.6 is 0 Å². The Morgan fingerprint density at radius 1 is 1.28 bits per heavy atom. The van der Waals surface area contributed by atoms with Crippen molar-refractivity contribution in [2.45, 2.75) is 39.3 Å². The van der Waals surface area contributed by atoms with Crippen LogP contribution in [0, 0.1) is 5.92 Å². The molecule has 7 heteroatoms. The zero-order valence-electron chi connectivity index (χ0n) is 15.3. The van der Waals surface area contributed by atoms with Gasteiger partial charge in [0.15, 0.2) is 0 Å². The molecule has 1 N–H and O–H groups in total. The Morgan fingerprint density at radius 2 is 2.00 bits per heavy atom. The van der Waals surface area contributed by atoms with Crippen LogP contribution in [0.2, 0.25) is 0 Å². The van der Waals surface area contributed by atoms with Crippen molar-refractivity contribution >= 4 is 11.9 Å². The van der Waals surface area contributed by atoms with E-state index in [1.807, 2.05) is 31.1 Å². The fourth-order valence-electron chi connectivity index (χ4n) is 3.34. The molecule has 1 atom stereocenters. The standard InChI is InChI=1S/C18H29N5O2/c1-14(2)17(24)23-5-3-4-16(13-23)19-10-15-11-20-18(21-12-15)22-6-8-25-9-7-22/h11-12,14,16,19H,3-10,13H2,1-2H3. The fourth-order valence-corrected chi connectivity index (χ4v) is 3.34. The van der Waals surface area contributed by atoms with Crippen LogP contribution in [0.3, 0.4) is 0 Å². The van der Waals surface area contributed by atoms with E-state index in [0.717, 1.165) is 70.3 Å². The lowest BCUT2D eigenvalue weighted by Crippen LogP contribution is -2.48. The maximum absolute atomic E-state index is 12.2. The van der Waals surface area contributed by atoms with Crippen LogP contribution in [0.5, 0.6) is 0 Å². The smallest absolute Gasteiger partial charge is 0.225 e. The monoisotopic (exact) mass is 347 g/mol. The number of anilines is 1. The molecule has 1 aromatic rings. The van der Waals surface area contributed by atoms with Crippen molar-refractivity contribution in [3.63, 3.8) is 0 Å². The van der Waals surface area contributed by atoms with E-state index in [4.69, 9.17) is 4.74 Å². The molecule has 1 aromatic heterocycles. The van der Waals surface area contributed by atoms with Crippen LogP contribution in [0.25, 0.3) is 0 Å². The number of rotatable bonds is 5. The maximum Gasteiger partial charge on any atom is 0.225 e. The average molecular weight is 347 g/mol. The molecule has 1 amide bonds. The van der Waals surface area contributed by atoms with E-state index in [1.54, 1.807) is 0 Å². The van der Waals surface area contributed by atoms with Gasteiger partial charge in [-0.1, -0.05) is 13.8 Å². The molecular formula is C18H29N5O2. The highest BCUT2D eigenvalue weighted by molar-refractivity contribution is 5.78. The second kappa shape index (κ2) is 8.58. The normalized spacial score (nSPS) is 21.6. The van der Waals surface area contributed by atoms with E-state index in [-0.39, 0.29) is 11.8 Å². The van der Waals surface area contributed by atoms with Gasteiger partial charge in [-0.05, 0) is 12.8 Å². The fraction of sp³-hybridized carbons (Fsp3) is 0.722. The van der Waals surface area contributed by atoms with E-state index < -0.39 is 0 Å². The van der Waals surface area contributed by atoms with Gasteiger partial charge >= 0.3 is 0 Å². The third-order valence-corrected chi connectivity index (χ3v) is 4.81. The lowest BCUT2D eigenvalue weighted by Gasteiger charge is -2.34. The number of nitrogens with zero attached hydrogens (tertiary/aromatic N) is 4. The van der Waals surface area contributed by atoms with Crippen molar-refractivity contribution < 1.29 is 9.53 Å². The van der Waals surface area contributed by atoms with E-state index >= 15 is 0 Å². The SMILES string of the molecule is CC(C)C(=O)N1CCCC(NCc2cnc(N3CCOCC3)nc2)C1. The summed E-state index contributed by atoms with van der Waals surface area (Å²) in [5.74, 6) is 1.10. The number of piperidine rings is 1. The Bertz CT molecular complexity index is 557. The number of likely N-dealkylation sites (tertiary alicyclic amines) is 1. The van der Waals surface area contributed by atoms with Gasteiger partial charge in [0.25, 0.3) is 0 Å². The third kappa shape index (κ3) is 4.89. The Kier molecular flexibility index (Phi) is 6.20. The van der Waals surface area contributed by atoms with Gasteiger partial charge in [0.1, 0.15) is 0 Å². The average Bonchev–Trinajstić information content (AvgIpc) is 2.67. The molecule has 3 heterocycles. The van der Waals surface area contributed by atoms with Crippen LogP contribution in [-0.2, 0) is 16.1 Å². The van der Waals surface area contributed by atoms with E-state index in [1.165, 1.54) is 0 Å². The van der Waals surface area contributed by atoms with Crippen molar-refractivity contribution in [1.29, 1.82) is 0 Å². The first-order chi connectivity index (χ1) is 12.1. The van der Waals surface area contributed by atoms with Crippen LogP contribution in [0.15, 0.2) is 12.4 Å². The molecular weight excluding hydrogens is 318 g/mol. The van der Waals surface area contributed by atoms with E-state index in [9.17, 15) is 4.79 Å². The predicted octanol–water partition coefficient (Wildman–Crippen LogP) is 1.05. The number of hydrogen-bond donors (Lipinski definition) is 1. The highest BCUT2D eigenvalue weighted by Crippen LogP contribution is 2.14. The van der Waals surface area contributed by atoms with Gasteiger partial charge in [-0.25, -0.2) is 9.97 Å². The van der Waals surface area contributed by atoms with E-state index in [2.05, 4.69) is 20.2 Å². The Balaban J connectivity index is 1.48. The van der Waals surface area contributed by atoms with Crippen LogP contribution < -0.4 is 10.2 Å². The zero-order chi connectivity index (χ0) is 17.6. The predicted molar refractivity (Wildman–Crippen MR) is 96.3 cm³/mol. The minimum Gasteiger partial charge on any atom is -0.378 e. The van der Waals surface area contributed by atoms with Crippen molar-refractivity contribution in [3.05, 3.63) is 18.0 Å². The van der Waals surface area contributed by atoms with Gasteiger partial charge in [0, 0.05) is 62.6 Å². The van der Waals surface area contributed by atoms with Gasteiger partial charge in [-0.2, -0.15) is 0 Å². The molecule has 2 saturated heterocycles. The molecule has 3 rings (SSSR count). The molecule has 1 unspecified atom stereocenters. The highest BCUT2D eigenvalue weighted by atomic mass is 16.5. The zero-order valence-corrected chi connectivity index (χ0v) is 15.3. The third-order valence-electron chi connectivity index (χ3n) is 4.81. The minimum absolute atomic E-state index is 0.0693. The number of hydrogen-bond acceptors (Lipinski definition) is 6. The summed E-state index contributed by atoms with van der Waals surface area (Å²) in [4.78, 5) is 25.3. The molecule has 2 aliphatic rings. The number of carbonyl (C=O) groups is 1. The van der Waals surface area contributed by atoms with E-state index in [0.29, 0.717) is 6.04 Å². The summed E-state index contributed by atoms with van der Waals surface area (Å²) in [7, 11) is 0. The van der Waals surface area contributed by atoms with Crippen molar-refractivity contribution in [2.75, 3.05) is 44.3 Å². The maximum atomic E-state index is 12.2. The molecule has 0 aliphatic carbocycles. The lowest BCUT2D eigenvalue weighted by molar-refractivity contribution is -0.135. The number of nitrogens with one attached hydrogen (secondary N) is 1. The number of ether oxygens (including phenoxy) is 1. The van der Waals surface area contributed by atoms with Gasteiger partial charge in [-0.3, -0.25) is 4.79 Å². The summed E-state index contributed by atoms with van der Waals surface area (Å²) < 4.78 is 5.36. The summed E-state index contributed by atoms with van der Waals surface area (Å²) in [6, 6.07) is 0.343. The first-order valence-electron chi connectivity index (χ1n) is 9.29. The number of carbonyl (C=O) groups excluding carboxylic acids is 1. The highest BCUT2D eigenvalue weighted by Gasteiger charge is 2.24. The molecule has 25 heavy (non-hydrogen) atoms. The number of amides is 1. The van der Waals surface area contributed by atoms with Gasteiger partial charge in [0.2, 0.25) is 11.9 Å². The summed E-state index contributed by atoms with van der Waals surface area (Å²) in [5, 5.41) is 3.55. The van der Waals surface area contributed by atoms with Crippen LogP contribution in [0.4, 0.5) is 5.95 Å². The Labute approximate surface area is 149 Å². The number of morpholine rings is 1. The second-order valence-electron chi connectivity index (χ2n) is 7.15. The summed E-state index contributed by atoms with van der Waals surface area (Å²) >= 11 is 0. The summed E-state index contributed by atoms with van der Waals surface area (Å²) in [5.41, 5.74) is 1.07. The lowest BCUT2D eigenvalue weighted by atomic mass is 10.0. The largest absolute Gasteiger partial charge is 0.378 e. The quantitative estimate of drug-likeness (QED) is 0.859. The second-order valence-corrected chi connectivity index (χ2v) is 7.15. The van der Waals surface area contributed by atoms with Crippen LogP contribution in [0.1, 0.15) is 32.3 Å². The molecule has 0 bridgehead atoms. The summed E-state index contributed by atoms with van der Waals surface area (Å²) in [6.45, 7) is 9.51. The van der Waals surface area contributed by atoms with Crippen molar-refractivity contribution in [2.24, 2.45) is 5.92 Å². The molecule has 138 valence electrons. The molecule has 7 nitrogen and oxygen atoms in total. The number of aromatic nitrogens is 2. The Hall–Kier alpha value is -1.73. The minimum atomic E-state index is 0.0693. The van der Waals surface area contributed by atoms with Crippen molar-refractivity contribution in [1.82, 2.24) is 20.2 Å². The molecule has 2 fully saturated rings. The first-order valence-corrected chi connectivity index (χ1v) is 9.29. The first kappa shape index (κ1) is 18.1. The van der Waals surface area contributed by atoms with Crippen molar-refractivity contribution in [3.8, 4) is 0 Å². The Morgan fingerprint density at radius 3 is 2.68 bits per heavy atom. The molecule has 0 saturated carbocycles. The topological polar surface area (TPSA) is 70.6 Å². The van der Waals surface area contributed by atoms with Crippen LogP contribution in [-0.4, -0.2) is 66.2 Å². The molecule has 0 spiro atoms. The summed E-state index contributed by atoms with van der Waals surface area (Å²) in [6.07, 6.45) is 5.95. The molecule has 0 radical (unpaired) electrons. The van der Waals surface area contributed by atoms with Gasteiger partial charge in [0.05, 0.1) is 13.2 Å².